The maximum atomic E-state index is 3.70. The van der Waals surface area contributed by atoms with Crippen molar-refractivity contribution in [2.24, 2.45) is 0 Å². The molecule has 1 aromatic heterocycles. The van der Waals surface area contributed by atoms with E-state index in [1.165, 1.54) is 32.5 Å². The van der Waals surface area contributed by atoms with Crippen molar-refractivity contribution < 1.29 is 0 Å². The third-order valence-corrected chi connectivity index (χ3v) is 5.53. The second kappa shape index (κ2) is 8.11. The number of hydrogen-bond donors (Lipinski definition) is 1. The average molecular weight is 366 g/mol. The fourth-order valence-electron chi connectivity index (χ4n) is 2.48. The summed E-state index contributed by atoms with van der Waals surface area (Å²) in [4.78, 5) is 1.44. The number of rotatable bonds is 7. The lowest BCUT2D eigenvalue weighted by Crippen LogP contribution is -2.33. The van der Waals surface area contributed by atoms with Crippen LogP contribution in [0.4, 0.5) is 0 Å². The molecule has 0 spiro atoms. The van der Waals surface area contributed by atoms with E-state index >= 15 is 0 Å². The Labute approximate surface area is 140 Å². The highest BCUT2D eigenvalue weighted by atomic mass is 79.9. The molecule has 0 amide bonds. The van der Waals surface area contributed by atoms with Crippen molar-refractivity contribution in [1.29, 1.82) is 0 Å². The summed E-state index contributed by atoms with van der Waals surface area (Å²) in [5, 5.41) is 5.87. The molecule has 0 radical (unpaired) electrons. The molecule has 1 N–H and O–H groups in total. The molecule has 1 atom stereocenters. The molecule has 1 unspecified atom stereocenters. The molecule has 2 aromatic rings. The van der Waals surface area contributed by atoms with Gasteiger partial charge in [-0.15, -0.1) is 11.3 Å². The van der Waals surface area contributed by atoms with Crippen LogP contribution >= 0.6 is 27.3 Å². The summed E-state index contributed by atoms with van der Waals surface area (Å²) < 4.78 is 1.20. The standard InChI is InChI=1S/C18H24BrNS/c1-4-7-20-17(11-18-10-16(19)12-21-18)9-15-6-5-13(2)14(3)8-15/h5-6,8,10,12,17,20H,4,7,9,11H2,1-3H3. The number of aryl methyl sites for hydroxylation is 2. The van der Waals surface area contributed by atoms with Crippen LogP contribution in [0.25, 0.3) is 0 Å². The van der Waals surface area contributed by atoms with Crippen molar-refractivity contribution in [2.45, 2.75) is 46.1 Å². The Hall–Kier alpha value is -0.640. The van der Waals surface area contributed by atoms with Gasteiger partial charge in [-0.25, -0.2) is 0 Å². The van der Waals surface area contributed by atoms with Gasteiger partial charge in [0.2, 0.25) is 0 Å². The van der Waals surface area contributed by atoms with E-state index in [0.717, 1.165) is 19.4 Å². The van der Waals surface area contributed by atoms with Gasteiger partial charge in [0, 0.05) is 20.8 Å². The van der Waals surface area contributed by atoms with E-state index in [2.05, 4.69) is 71.7 Å². The van der Waals surface area contributed by atoms with Gasteiger partial charge in [0.1, 0.15) is 0 Å². The normalized spacial score (nSPS) is 12.6. The van der Waals surface area contributed by atoms with Crippen molar-refractivity contribution in [1.82, 2.24) is 5.32 Å². The highest BCUT2D eigenvalue weighted by Crippen LogP contribution is 2.22. The highest BCUT2D eigenvalue weighted by Gasteiger charge is 2.12. The molecule has 114 valence electrons. The van der Waals surface area contributed by atoms with E-state index in [-0.39, 0.29) is 0 Å². The van der Waals surface area contributed by atoms with Crippen molar-refractivity contribution in [2.75, 3.05) is 6.54 Å². The lowest BCUT2D eigenvalue weighted by Gasteiger charge is -2.18. The Morgan fingerprint density at radius 2 is 1.95 bits per heavy atom. The second-order valence-corrected chi connectivity index (χ2v) is 7.62. The first kappa shape index (κ1) is 16.7. The van der Waals surface area contributed by atoms with E-state index in [1.807, 2.05) is 11.3 Å². The molecular weight excluding hydrogens is 342 g/mol. The quantitative estimate of drug-likeness (QED) is 0.703. The van der Waals surface area contributed by atoms with Crippen molar-refractivity contribution in [3.8, 4) is 0 Å². The van der Waals surface area contributed by atoms with Crippen molar-refractivity contribution in [3.05, 3.63) is 55.7 Å². The fourth-order valence-corrected chi connectivity index (χ4v) is 4.02. The smallest absolute Gasteiger partial charge is 0.0285 e. The molecule has 0 saturated carbocycles. The molecule has 0 bridgehead atoms. The van der Waals surface area contributed by atoms with Crippen LogP contribution in [-0.4, -0.2) is 12.6 Å². The number of hydrogen-bond acceptors (Lipinski definition) is 2. The van der Waals surface area contributed by atoms with Crippen molar-refractivity contribution in [3.63, 3.8) is 0 Å². The molecule has 0 aliphatic heterocycles. The minimum atomic E-state index is 0.512. The number of benzene rings is 1. The zero-order valence-electron chi connectivity index (χ0n) is 13.1. The summed E-state index contributed by atoms with van der Waals surface area (Å²) in [7, 11) is 0. The highest BCUT2D eigenvalue weighted by molar-refractivity contribution is 9.10. The maximum absolute atomic E-state index is 3.70. The first-order chi connectivity index (χ1) is 10.1. The van der Waals surface area contributed by atoms with Crippen LogP contribution in [0.5, 0.6) is 0 Å². The van der Waals surface area contributed by atoms with Gasteiger partial charge in [-0.2, -0.15) is 0 Å². The first-order valence-electron chi connectivity index (χ1n) is 7.61. The Bertz CT molecular complexity index is 576. The summed E-state index contributed by atoms with van der Waals surface area (Å²) in [5.74, 6) is 0. The Kier molecular flexibility index (Phi) is 6.46. The van der Waals surface area contributed by atoms with Crippen LogP contribution < -0.4 is 5.32 Å². The zero-order valence-corrected chi connectivity index (χ0v) is 15.5. The van der Waals surface area contributed by atoms with Crippen LogP contribution in [0.15, 0.2) is 34.1 Å². The maximum Gasteiger partial charge on any atom is 0.0285 e. The third-order valence-electron chi connectivity index (χ3n) is 3.81. The number of nitrogens with one attached hydrogen (secondary N) is 1. The molecule has 1 aromatic carbocycles. The number of thiophene rings is 1. The molecule has 1 heterocycles. The van der Waals surface area contributed by atoms with Crippen LogP contribution in [0.1, 0.15) is 34.9 Å². The summed E-state index contributed by atoms with van der Waals surface area (Å²) in [6, 6.07) is 9.60. The first-order valence-corrected chi connectivity index (χ1v) is 9.28. The molecule has 21 heavy (non-hydrogen) atoms. The van der Waals surface area contributed by atoms with E-state index in [1.54, 1.807) is 0 Å². The van der Waals surface area contributed by atoms with Gasteiger partial charge in [0.25, 0.3) is 0 Å². The lowest BCUT2D eigenvalue weighted by atomic mass is 9.99. The molecule has 1 nitrogen and oxygen atoms in total. The Morgan fingerprint density at radius 1 is 1.14 bits per heavy atom. The topological polar surface area (TPSA) is 12.0 Å². The van der Waals surface area contributed by atoms with Gasteiger partial charge in [0.15, 0.2) is 0 Å². The predicted molar refractivity (Wildman–Crippen MR) is 97.4 cm³/mol. The van der Waals surface area contributed by atoms with Crippen LogP contribution in [-0.2, 0) is 12.8 Å². The Morgan fingerprint density at radius 3 is 2.57 bits per heavy atom. The van der Waals surface area contributed by atoms with Gasteiger partial charge < -0.3 is 5.32 Å². The van der Waals surface area contributed by atoms with Gasteiger partial charge in [-0.05, 0) is 78.3 Å². The predicted octanol–water partition coefficient (Wildman–Crippen LogP) is 5.28. The van der Waals surface area contributed by atoms with Gasteiger partial charge in [-0.3, -0.25) is 0 Å². The average Bonchev–Trinajstić information content (AvgIpc) is 2.85. The molecule has 0 aliphatic carbocycles. The monoisotopic (exact) mass is 365 g/mol. The van der Waals surface area contributed by atoms with Crippen LogP contribution in [0.2, 0.25) is 0 Å². The summed E-state index contributed by atoms with van der Waals surface area (Å²) >= 11 is 5.39. The van der Waals surface area contributed by atoms with Crippen LogP contribution in [0, 0.1) is 13.8 Å². The molecular formula is C18H24BrNS. The van der Waals surface area contributed by atoms with E-state index in [9.17, 15) is 0 Å². The largest absolute Gasteiger partial charge is 0.313 e. The van der Waals surface area contributed by atoms with Crippen LogP contribution in [0.3, 0.4) is 0 Å². The van der Waals surface area contributed by atoms with E-state index in [0.29, 0.717) is 6.04 Å². The van der Waals surface area contributed by atoms with Gasteiger partial charge in [0.05, 0.1) is 0 Å². The minimum absolute atomic E-state index is 0.512. The molecule has 3 heteroatoms. The molecule has 2 rings (SSSR count). The Balaban J connectivity index is 2.06. The number of halogens is 1. The third kappa shape index (κ3) is 5.24. The van der Waals surface area contributed by atoms with Gasteiger partial charge in [-0.1, -0.05) is 25.1 Å². The summed E-state index contributed by atoms with van der Waals surface area (Å²) in [5.41, 5.74) is 4.20. The van der Waals surface area contributed by atoms with E-state index < -0.39 is 0 Å². The molecule has 0 saturated heterocycles. The SMILES string of the molecule is CCCNC(Cc1ccc(C)c(C)c1)Cc1cc(Br)cs1. The molecule has 0 aliphatic rings. The zero-order chi connectivity index (χ0) is 15.2. The lowest BCUT2D eigenvalue weighted by molar-refractivity contribution is 0.507. The minimum Gasteiger partial charge on any atom is -0.313 e. The molecule has 0 fully saturated rings. The van der Waals surface area contributed by atoms with Crippen molar-refractivity contribution >= 4 is 27.3 Å². The summed E-state index contributed by atoms with van der Waals surface area (Å²) in [6.45, 7) is 7.68. The second-order valence-electron chi connectivity index (χ2n) is 5.71. The van der Waals surface area contributed by atoms with Gasteiger partial charge >= 0.3 is 0 Å². The summed E-state index contributed by atoms with van der Waals surface area (Å²) in [6.07, 6.45) is 3.37. The fraction of sp³-hybridized carbons (Fsp3) is 0.444. The van der Waals surface area contributed by atoms with E-state index in [4.69, 9.17) is 0 Å².